The molecule has 0 aromatic carbocycles. The van der Waals surface area contributed by atoms with E-state index in [2.05, 4.69) is 4.98 Å². The second-order valence-electron chi connectivity index (χ2n) is 4.70. The van der Waals surface area contributed by atoms with Crippen molar-refractivity contribution in [3.8, 4) is 11.6 Å². The van der Waals surface area contributed by atoms with Gasteiger partial charge in [0.05, 0.1) is 6.61 Å². The molecule has 0 aliphatic heterocycles. The Morgan fingerprint density at radius 2 is 2.17 bits per heavy atom. The third-order valence-electron chi connectivity index (χ3n) is 3.30. The maximum absolute atomic E-state index is 6.16. The van der Waals surface area contributed by atoms with Crippen molar-refractivity contribution in [2.24, 2.45) is 5.73 Å². The fourth-order valence-corrected chi connectivity index (χ4v) is 2.32. The third kappa shape index (κ3) is 3.35. The van der Waals surface area contributed by atoms with Gasteiger partial charge in [-0.2, -0.15) is 0 Å². The Balaban J connectivity index is 2.07. The molecule has 1 aliphatic carbocycles. The predicted octanol–water partition coefficient (Wildman–Crippen LogP) is 2.52. The van der Waals surface area contributed by atoms with E-state index in [1.165, 1.54) is 19.3 Å². The lowest BCUT2D eigenvalue weighted by Crippen LogP contribution is -2.38. The highest BCUT2D eigenvalue weighted by atomic mass is 16.5. The molecule has 1 fully saturated rings. The molecule has 0 amide bonds. The molecule has 1 heterocycles. The zero-order chi connectivity index (χ0) is 12.8. The van der Waals surface area contributed by atoms with Crippen LogP contribution in [0, 0.1) is 0 Å². The Labute approximate surface area is 108 Å². The first kappa shape index (κ1) is 13.1. The van der Waals surface area contributed by atoms with Gasteiger partial charge in [-0.15, -0.1) is 0 Å². The SMILES string of the molecule is CCOc1cccnc1OC1CCCCCC1N. The molecule has 1 aliphatic rings. The molecule has 1 aromatic rings. The maximum atomic E-state index is 6.16. The summed E-state index contributed by atoms with van der Waals surface area (Å²) >= 11 is 0. The summed E-state index contributed by atoms with van der Waals surface area (Å²) in [5.74, 6) is 1.28. The largest absolute Gasteiger partial charge is 0.488 e. The summed E-state index contributed by atoms with van der Waals surface area (Å²) in [6.07, 6.45) is 7.43. The van der Waals surface area contributed by atoms with E-state index in [-0.39, 0.29) is 12.1 Å². The van der Waals surface area contributed by atoms with Gasteiger partial charge in [0.25, 0.3) is 5.88 Å². The highest BCUT2D eigenvalue weighted by molar-refractivity contribution is 5.32. The van der Waals surface area contributed by atoms with Crippen molar-refractivity contribution in [1.82, 2.24) is 4.98 Å². The molecule has 4 nitrogen and oxygen atoms in total. The number of hydrogen-bond donors (Lipinski definition) is 1. The summed E-state index contributed by atoms with van der Waals surface area (Å²) in [7, 11) is 0. The summed E-state index contributed by atoms with van der Waals surface area (Å²) in [6, 6.07) is 3.84. The molecule has 18 heavy (non-hydrogen) atoms. The summed E-state index contributed by atoms with van der Waals surface area (Å²) in [6.45, 7) is 2.56. The van der Waals surface area contributed by atoms with E-state index in [1.807, 2.05) is 19.1 Å². The second-order valence-corrected chi connectivity index (χ2v) is 4.70. The lowest BCUT2D eigenvalue weighted by atomic mass is 10.1. The van der Waals surface area contributed by atoms with Crippen molar-refractivity contribution in [2.75, 3.05) is 6.61 Å². The van der Waals surface area contributed by atoms with Gasteiger partial charge in [-0.05, 0) is 38.3 Å². The molecule has 0 radical (unpaired) electrons. The highest BCUT2D eigenvalue weighted by Gasteiger charge is 2.23. The van der Waals surface area contributed by atoms with Crippen LogP contribution in [0.15, 0.2) is 18.3 Å². The van der Waals surface area contributed by atoms with Crippen LogP contribution in [0.4, 0.5) is 0 Å². The normalized spacial score (nSPS) is 24.3. The number of rotatable bonds is 4. The van der Waals surface area contributed by atoms with Crippen molar-refractivity contribution < 1.29 is 9.47 Å². The number of pyridine rings is 1. The van der Waals surface area contributed by atoms with Crippen LogP contribution >= 0.6 is 0 Å². The van der Waals surface area contributed by atoms with Gasteiger partial charge < -0.3 is 15.2 Å². The Kier molecular flexibility index (Phi) is 4.81. The van der Waals surface area contributed by atoms with E-state index in [0.29, 0.717) is 18.2 Å². The predicted molar refractivity (Wildman–Crippen MR) is 70.9 cm³/mol. The minimum Gasteiger partial charge on any atom is -0.488 e. The zero-order valence-corrected chi connectivity index (χ0v) is 11.0. The van der Waals surface area contributed by atoms with Crippen molar-refractivity contribution in [3.63, 3.8) is 0 Å². The number of ether oxygens (including phenoxy) is 2. The summed E-state index contributed by atoms with van der Waals surface area (Å²) in [5, 5.41) is 0. The Morgan fingerprint density at radius 1 is 1.33 bits per heavy atom. The van der Waals surface area contributed by atoms with Crippen LogP contribution in [-0.2, 0) is 0 Å². The molecular formula is C14H22N2O2. The average molecular weight is 250 g/mol. The number of hydrogen-bond acceptors (Lipinski definition) is 4. The average Bonchev–Trinajstić information content (AvgIpc) is 2.58. The van der Waals surface area contributed by atoms with Gasteiger partial charge in [0.1, 0.15) is 6.10 Å². The summed E-state index contributed by atoms with van der Waals surface area (Å²) in [4.78, 5) is 4.25. The third-order valence-corrected chi connectivity index (χ3v) is 3.30. The van der Waals surface area contributed by atoms with Crippen molar-refractivity contribution in [1.29, 1.82) is 0 Å². The van der Waals surface area contributed by atoms with Crippen molar-refractivity contribution in [3.05, 3.63) is 18.3 Å². The molecule has 0 bridgehead atoms. The number of aromatic nitrogens is 1. The lowest BCUT2D eigenvalue weighted by Gasteiger charge is -2.23. The smallest absolute Gasteiger partial charge is 0.257 e. The van der Waals surface area contributed by atoms with Gasteiger partial charge in [-0.3, -0.25) is 0 Å². The highest BCUT2D eigenvalue weighted by Crippen LogP contribution is 2.27. The molecule has 100 valence electrons. The van der Waals surface area contributed by atoms with Crippen LogP contribution in [0.3, 0.4) is 0 Å². The summed E-state index contributed by atoms with van der Waals surface area (Å²) in [5.41, 5.74) is 6.16. The van der Waals surface area contributed by atoms with Gasteiger partial charge >= 0.3 is 0 Å². The van der Waals surface area contributed by atoms with Gasteiger partial charge in [0.15, 0.2) is 5.75 Å². The monoisotopic (exact) mass is 250 g/mol. The Morgan fingerprint density at radius 3 is 3.00 bits per heavy atom. The topological polar surface area (TPSA) is 57.4 Å². The van der Waals surface area contributed by atoms with Crippen LogP contribution in [-0.4, -0.2) is 23.7 Å². The van der Waals surface area contributed by atoms with E-state index in [4.69, 9.17) is 15.2 Å². The standard InChI is InChI=1S/C14H22N2O2/c1-2-17-13-9-6-10-16-14(13)18-12-8-5-3-4-7-11(12)15/h6,9-12H,2-5,7-8,15H2,1H3. The molecule has 2 rings (SSSR count). The van der Waals surface area contributed by atoms with Crippen LogP contribution in [0.5, 0.6) is 11.6 Å². The van der Waals surface area contributed by atoms with Crippen LogP contribution in [0.1, 0.15) is 39.0 Å². The van der Waals surface area contributed by atoms with Crippen LogP contribution in [0.25, 0.3) is 0 Å². The molecule has 0 spiro atoms. The van der Waals surface area contributed by atoms with Crippen molar-refractivity contribution >= 4 is 0 Å². The minimum absolute atomic E-state index is 0.0570. The maximum Gasteiger partial charge on any atom is 0.257 e. The first-order chi connectivity index (χ1) is 8.81. The molecule has 2 N–H and O–H groups in total. The molecule has 4 heteroatoms. The first-order valence-electron chi connectivity index (χ1n) is 6.81. The Bertz CT molecular complexity index is 371. The van der Waals surface area contributed by atoms with Crippen LogP contribution in [0.2, 0.25) is 0 Å². The molecule has 2 atom stereocenters. The fourth-order valence-electron chi connectivity index (χ4n) is 2.32. The van der Waals surface area contributed by atoms with E-state index in [1.54, 1.807) is 6.20 Å². The van der Waals surface area contributed by atoms with E-state index in [9.17, 15) is 0 Å². The second kappa shape index (κ2) is 6.59. The van der Waals surface area contributed by atoms with Gasteiger partial charge in [0, 0.05) is 12.2 Å². The molecule has 0 saturated heterocycles. The van der Waals surface area contributed by atoms with Gasteiger partial charge in [-0.1, -0.05) is 12.8 Å². The quantitative estimate of drug-likeness (QED) is 0.834. The van der Waals surface area contributed by atoms with Crippen LogP contribution < -0.4 is 15.2 Å². The molecule has 2 unspecified atom stereocenters. The first-order valence-corrected chi connectivity index (χ1v) is 6.81. The van der Waals surface area contributed by atoms with E-state index < -0.39 is 0 Å². The zero-order valence-electron chi connectivity index (χ0n) is 11.0. The minimum atomic E-state index is 0.0570. The molecular weight excluding hydrogens is 228 g/mol. The summed E-state index contributed by atoms with van der Waals surface area (Å²) < 4.78 is 11.5. The van der Waals surface area contributed by atoms with E-state index in [0.717, 1.165) is 12.8 Å². The number of nitrogens with zero attached hydrogens (tertiary/aromatic N) is 1. The molecule has 1 aromatic heterocycles. The molecule has 1 saturated carbocycles. The Hall–Kier alpha value is -1.29. The van der Waals surface area contributed by atoms with Crippen molar-refractivity contribution in [2.45, 2.75) is 51.2 Å². The van der Waals surface area contributed by atoms with Gasteiger partial charge in [-0.25, -0.2) is 4.98 Å². The lowest BCUT2D eigenvalue weighted by molar-refractivity contribution is 0.147. The fraction of sp³-hybridized carbons (Fsp3) is 0.643. The van der Waals surface area contributed by atoms with E-state index >= 15 is 0 Å². The van der Waals surface area contributed by atoms with Gasteiger partial charge in [0.2, 0.25) is 0 Å². The number of nitrogens with two attached hydrogens (primary N) is 1.